The predicted octanol–water partition coefficient (Wildman–Crippen LogP) is 2.02. The third kappa shape index (κ3) is 4.12. The largest absolute Gasteiger partial charge is 0.461 e. The van der Waals surface area contributed by atoms with E-state index in [-0.39, 0.29) is 30.3 Å². The lowest BCUT2D eigenvalue weighted by molar-refractivity contribution is -0.145. The lowest BCUT2D eigenvalue weighted by Gasteiger charge is -2.39. The number of hydrogen-bond acceptors (Lipinski definition) is 5. The molecule has 0 N–H and O–H groups in total. The Bertz CT molecular complexity index is 432. The lowest BCUT2D eigenvalue weighted by Crippen LogP contribution is -2.53. The Hall–Kier alpha value is -1.30. The number of likely N-dealkylation sites (tertiary alicyclic amines) is 1. The number of carbonyl (C=O) groups is 2. The van der Waals surface area contributed by atoms with Gasteiger partial charge in [-0.15, -0.1) is 0 Å². The van der Waals surface area contributed by atoms with E-state index in [0.29, 0.717) is 6.54 Å². The van der Waals surface area contributed by atoms with Crippen LogP contribution >= 0.6 is 0 Å². The first kappa shape index (κ1) is 17.1. The van der Waals surface area contributed by atoms with Crippen molar-refractivity contribution < 1.29 is 19.1 Å². The minimum Gasteiger partial charge on any atom is -0.461 e. The van der Waals surface area contributed by atoms with Crippen LogP contribution in [0, 0.1) is 0 Å². The van der Waals surface area contributed by atoms with Gasteiger partial charge in [0.2, 0.25) is 0 Å². The molecular weight excluding hydrogens is 284 g/mol. The van der Waals surface area contributed by atoms with Crippen LogP contribution in [0.3, 0.4) is 0 Å². The Balaban J connectivity index is 1.95. The van der Waals surface area contributed by atoms with E-state index in [1.165, 1.54) is 0 Å². The van der Waals surface area contributed by atoms with Crippen LogP contribution in [0.25, 0.3) is 0 Å². The number of likely N-dealkylation sites (N-methyl/N-ethyl adjacent to an activating group) is 1. The van der Waals surface area contributed by atoms with Crippen LogP contribution in [0.1, 0.15) is 47.0 Å². The highest BCUT2D eigenvalue weighted by Gasteiger charge is 2.39. The fourth-order valence-electron chi connectivity index (χ4n) is 3.10. The molecule has 2 heterocycles. The van der Waals surface area contributed by atoms with Gasteiger partial charge in [-0.2, -0.15) is 0 Å². The fraction of sp³-hybridized carbons (Fsp3) is 0.875. The molecule has 0 radical (unpaired) electrons. The van der Waals surface area contributed by atoms with Crippen LogP contribution in [0.2, 0.25) is 0 Å². The van der Waals surface area contributed by atoms with Gasteiger partial charge in [0.15, 0.2) is 0 Å². The maximum absolute atomic E-state index is 12.2. The number of piperidine rings is 1. The summed E-state index contributed by atoms with van der Waals surface area (Å²) >= 11 is 0. The van der Waals surface area contributed by atoms with Gasteiger partial charge in [0.1, 0.15) is 17.7 Å². The number of cyclic esters (lactones) is 1. The highest BCUT2D eigenvalue weighted by molar-refractivity contribution is 5.78. The number of nitrogens with zero attached hydrogens (tertiary/aromatic N) is 2. The number of rotatable bonds is 2. The molecule has 2 aliphatic rings. The normalized spacial score (nSPS) is 30.0. The zero-order valence-electron chi connectivity index (χ0n) is 14.3. The molecule has 6 heteroatoms. The molecule has 0 aromatic carbocycles. The van der Waals surface area contributed by atoms with Gasteiger partial charge in [0.05, 0.1) is 0 Å². The third-order valence-corrected chi connectivity index (χ3v) is 4.24. The molecule has 0 aromatic rings. The third-order valence-electron chi connectivity index (χ3n) is 4.24. The SMILES string of the molecule is C[C@H]1C[C@H](N2CCC[C@H](N(C)C(=O)OC(C)(C)C)C2)C(=O)O1. The monoisotopic (exact) mass is 312 g/mol. The van der Waals surface area contributed by atoms with Crippen LogP contribution in [0.4, 0.5) is 4.79 Å². The Kier molecular flexibility index (Phi) is 5.00. The second-order valence-corrected chi connectivity index (χ2v) is 7.38. The molecule has 3 atom stereocenters. The lowest BCUT2D eigenvalue weighted by atomic mass is 10.0. The summed E-state index contributed by atoms with van der Waals surface area (Å²) in [5.41, 5.74) is -0.496. The molecule has 1 amide bonds. The van der Waals surface area contributed by atoms with Crippen LogP contribution in [0.5, 0.6) is 0 Å². The summed E-state index contributed by atoms with van der Waals surface area (Å²) < 4.78 is 10.7. The molecule has 2 aliphatic heterocycles. The smallest absolute Gasteiger partial charge is 0.410 e. The summed E-state index contributed by atoms with van der Waals surface area (Å²) in [6.07, 6.45) is 2.32. The first-order chi connectivity index (χ1) is 10.2. The van der Waals surface area contributed by atoms with Crippen LogP contribution in [0.15, 0.2) is 0 Å². The van der Waals surface area contributed by atoms with Crippen molar-refractivity contribution in [3.63, 3.8) is 0 Å². The van der Waals surface area contributed by atoms with E-state index in [9.17, 15) is 9.59 Å². The average Bonchev–Trinajstić information content (AvgIpc) is 2.75. The predicted molar refractivity (Wildman–Crippen MR) is 82.6 cm³/mol. The minimum absolute atomic E-state index is 0.0125. The average molecular weight is 312 g/mol. The molecule has 0 spiro atoms. The number of carbonyl (C=O) groups excluding carboxylic acids is 2. The molecule has 2 saturated heterocycles. The van der Waals surface area contributed by atoms with Gasteiger partial charge in [-0.25, -0.2) is 4.79 Å². The van der Waals surface area contributed by atoms with Crippen molar-refractivity contribution in [1.29, 1.82) is 0 Å². The zero-order valence-corrected chi connectivity index (χ0v) is 14.3. The maximum atomic E-state index is 12.2. The molecule has 0 aliphatic carbocycles. The molecule has 2 rings (SSSR count). The quantitative estimate of drug-likeness (QED) is 0.730. The van der Waals surface area contributed by atoms with E-state index in [1.807, 2.05) is 27.7 Å². The van der Waals surface area contributed by atoms with Crippen LogP contribution < -0.4 is 0 Å². The highest BCUT2D eigenvalue weighted by atomic mass is 16.6. The molecule has 6 nitrogen and oxygen atoms in total. The highest BCUT2D eigenvalue weighted by Crippen LogP contribution is 2.25. The Morgan fingerprint density at radius 1 is 1.41 bits per heavy atom. The van der Waals surface area contributed by atoms with E-state index in [1.54, 1.807) is 11.9 Å². The van der Waals surface area contributed by atoms with Crippen molar-refractivity contribution in [2.45, 2.75) is 70.7 Å². The maximum Gasteiger partial charge on any atom is 0.410 e. The summed E-state index contributed by atoms with van der Waals surface area (Å²) in [5, 5.41) is 0. The first-order valence-electron chi connectivity index (χ1n) is 8.08. The molecule has 0 saturated carbocycles. The zero-order chi connectivity index (χ0) is 16.5. The standard InChI is InChI=1S/C16H28N2O4/c1-11-9-13(14(19)21-11)18-8-6-7-12(10-18)17(5)15(20)22-16(2,3)4/h11-13H,6-10H2,1-5H3/t11-,12-,13-/m0/s1. The van der Waals surface area contributed by atoms with Gasteiger partial charge < -0.3 is 14.4 Å². The Morgan fingerprint density at radius 2 is 2.09 bits per heavy atom. The first-order valence-corrected chi connectivity index (χ1v) is 8.08. The summed E-state index contributed by atoms with van der Waals surface area (Å²) in [4.78, 5) is 27.9. The van der Waals surface area contributed by atoms with E-state index in [4.69, 9.17) is 9.47 Å². The summed E-state index contributed by atoms with van der Waals surface area (Å²) in [5.74, 6) is -0.131. The van der Waals surface area contributed by atoms with Gasteiger partial charge >= 0.3 is 12.1 Å². The van der Waals surface area contributed by atoms with Crippen molar-refractivity contribution in [2.75, 3.05) is 20.1 Å². The van der Waals surface area contributed by atoms with E-state index >= 15 is 0 Å². The molecule has 22 heavy (non-hydrogen) atoms. The Morgan fingerprint density at radius 3 is 2.64 bits per heavy atom. The topological polar surface area (TPSA) is 59.1 Å². The molecule has 2 fully saturated rings. The van der Waals surface area contributed by atoms with Gasteiger partial charge in [0.25, 0.3) is 0 Å². The van der Waals surface area contributed by atoms with Crippen LogP contribution in [-0.2, 0) is 14.3 Å². The number of esters is 1. The van der Waals surface area contributed by atoms with Crippen molar-refractivity contribution in [1.82, 2.24) is 9.80 Å². The van der Waals surface area contributed by atoms with Gasteiger partial charge in [0, 0.05) is 26.1 Å². The van der Waals surface area contributed by atoms with Crippen molar-refractivity contribution >= 4 is 12.1 Å². The van der Waals surface area contributed by atoms with Crippen molar-refractivity contribution in [3.8, 4) is 0 Å². The molecule has 126 valence electrons. The molecular formula is C16H28N2O4. The van der Waals surface area contributed by atoms with Gasteiger partial charge in [-0.3, -0.25) is 9.69 Å². The second kappa shape index (κ2) is 6.44. The van der Waals surface area contributed by atoms with E-state index in [0.717, 1.165) is 25.8 Å². The van der Waals surface area contributed by atoms with Crippen LogP contribution in [-0.4, -0.2) is 65.8 Å². The number of amides is 1. The number of hydrogen-bond donors (Lipinski definition) is 0. The van der Waals surface area contributed by atoms with E-state index < -0.39 is 5.60 Å². The van der Waals surface area contributed by atoms with E-state index in [2.05, 4.69) is 4.90 Å². The number of ether oxygens (including phenoxy) is 2. The molecule has 0 bridgehead atoms. The van der Waals surface area contributed by atoms with Gasteiger partial charge in [-0.05, 0) is 47.1 Å². The summed E-state index contributed by atoms with van der Waals surface area (Å²) in [6.45, 7) is 9.09. The van der Waals surface area contributed by atoms with Crippen molar-refractivity contribution in [3.05, 3.63) is 0 Å². The Labute approximate surface area is 132 Å². The molecule has 0 aromatic heterocycles. The summed E-state index contributed by atoms with van der Waals surface area (Å²) in [7, 11) is 1.78. The second-order valence-electron chi connectivity index (χ2n) is 7.38. The summed E-state index contributed by atoms with van der Waals surface area (Å²) in [6, 6.07) is -0.0860. The minimum atomic E-state index is -0.496. The fourth-order valence-corrected chi connectivity index (χ4v) is 3.10. The molecule has 0 unspecified atom stereocenters. The van der Waals surface area contributed by atoms with Crippen molar-refractivity contribution in [2.24, 2.45) is 0 Å². The van der Waals surface area contributed by atoms with Gasteiger partial charge in [-0.1, -0.05) is 0 Å².